The van der Waals surface area contributed by atoms with E-state index in [9.17, 15) is 4.79 Å². The molecule has 6 nitrogen and oxygen atoms in total. The lowest BCUT2D eigenvalue weighted by Gasteiger charge is -2.10. The Hall–Kier alpha value is -3.41. The molecule has 0 aliphatic rings. The van der Waals surface area contributed by atoms with Crippen molar-refractivity contribution in [3.63, 3.8) is 0 Å². The van der Waals surface area contributed by atoms with Crippen LogP contribution in [0.25, 0.3) is 11.3 Å². The van der Waals surface area contributed by atoms with Gasteiger partial charge in [-0.25, -0.2) is 4.98 Å². The summed E-state index contributed by atoms with van der Waals surface area (Å²) in [6.45, 7) is 1.98. The molecule has 2 N–H and O–H groups in total. The average molecular weight is 349 g/mol. The van der Waals surface area contributed by atoms with Gasteiger partial charge in [-0.3, -0.25) is 9.78 Å². The lowest BCUT2D eigenvalue weighted by molar-refractivity contribution is 0.0999. The number of nitrogens with zero attached hydrogens (tertiary/aromatic N) is 2. The molecule has 0 fully saturated rings. The standard InChI is InChI=1S/C20H19N3O3/c1-3-13-10-14(4-5-17(13)20(21)24)18-11-15(6-8-22-18)26-16-7-9-23-19(12-16)25-2/h4-12H,3H2,1-2H3,(H2,21,24). The van der Waals surface area contributed by atoms with Gasteiger partial charge in [0.2, 0.25) is 11.8 Å². The fourth-order valence-electron chi connectivity index (χ4n) is 2.62. The smallest absolute Gasteiger partial charge is 0.248 e. The summed E-state index contributed by atoms with van der Waals surface area (Å²) >= 11 is 0. The molecule has 0 bridgehead atoms. The molecule has 1 aromatic carbocycles. The Kier molecular flexibility index (Phi) is 5.12. The molecule has 0 aliphatic carbocycles. The fraction of sp³-hybridized carbons (Fsp3) is 0.150. The number of nitrogens with two attached hydrogens (primary N) is 1. The van der Waals surface area contributed by atoms with E-state index in [0.29, 0.717) is 29.4 Å². The van der Waals surface area contributed by atoms with Crippen LogP contribution < -0.4 is 15.2 Å². The molecule has 0 saturated heterocycles. The highest BCUT2D eigenvalue weighted by Crippen LogP contribution is 2.28. The number of pyridine rings is 2. The third kappa shape index (κ3) is 3.80. The van der Waals surface area contributed by atoms with Gasteiger partial charge in [0.1, 0.15) is 11.5 Å². The Labute approximate surface area is 151 Å². The first-order chi connectivity index (χ1) is 12.6. The van der Waals surface area contributed by atoms with Gasteiger partial charge in [0.25, 0.3) is 0 Å². The van der Waals surface area contributed by atoms with Crippen LogP contribution >= 0.6 is 0 Å². The van der Waals surface area contributed by atoms with Crippen molar-refractivity contribution in [2.45, 2.75) is 13.3 Å². The summed E-state index contributed by atoms with van der Waals surface area (Å²) in [6, 6.07) is 12.6. The Bertz CT molecular complexity index is 941. The summed E-state index contributed by atoms with van der Waals surface area (Å²) in [6.07, 6.45) is 4.00. The van der Waals surface area contributed by atoms with E-state index in [4.69, 9.17) is 15.2 Å². The minimum Gasteiger partial charge on any atom is -0.481 e. The van der Waals surface area contributed by atoms with E-state index in [0.717, 1.165) is 16.8 Å². The lowest BCUT2D eigenvalue weighted by atomic mass is 9.99. The van der Waals surface area contributed by atoms with Crippen molar-refractivity contribution < 1.29 is 14.3 Å². The van der Waals surface area contributed by atoms with Gasteiger partial charge in [-0.1, -0.05) is 13.0 Å². The molecule has 0 spiro atoms. The van der Waals surface area contributed by atoms with Crippen molar-refractivity contribution >= 4 is 5.91 Å². The molecule has 0 atom stereocenters. The maximum atomic E-state index is 11.5. The number of primary amides is 1. The molecule has 3 rings (SSSR count). The molecule has 0 radical (unpaired) electrons. The minimum absolute atomic E-state index is 0.426. The van der Waals surface area contributed by atoms with Gasteiger partial charge in [-0.05, 0) is 36.2 Å². The normalized spacial score (nSPS) is 10.4. The van der Waals surface area contributed by atoms with E-state index < -0.39 is 5.91 Å². The quantitative estimate of drug-likeness (QED) is 0.734. The molecule has 1 amide bonds. The number of hydrogen-bond acceptors (Lipinski definition) is 5. The van der Waals surface area contributed by atoms with Crippen LogP contribution in [0.2, 0.25) is 0 Å². The van der Waals surface area contributed by atoms with Gasteiger partial charge in [0.15, 0.2) is 0 Å². The number of amides is 1. The van der Waals surface area contributed by atoms with Crippen molar-refractivity contribution in [2.24, 2.45) is 5.73 Å². The number of benzene rings is 1. The molecule has 26 heavy (non-hydrogen) atoms. The number of carbonyl (C=O) groups excluding carboxylic acids is 1. The predicted octanol–water partition coefficient (Wildman–Crippen LogP) is 3.61. The molecular weight excluding hydrogens is 330 g/mol. The Morgan fingerprint density at radius 1 is 1.04 bits per heavy atom. The highest BCUT2D eigenvalue weighted by atomic mass is 16.5. The largest absolute Gasteiger partial charge is 0.481 e. The SMILES string of the molecule is CCc1cc(-c2cc(Oc3ccnc(OC)c3)ccn2)ccc1C(N)=O. The molecule has 6 heteroatoms. The minimum atomic E-state index is -0.426. The first kappa shape index (κ1) is 17.4. The maximum Gasteiger partial charge on any atom is 0.248 e. The second-order valence-electron chi connectivity index (χ2n) is 5.60. The zero-order valence-electron chi connectivity index (χ0n) is 14.6. The number of ether oxygens (including phenoxy) is 2. The first-order valence-corrected chi connectivity index (χ1v) is 8.17. The number of rotatable bonds is 6. The van der Waals surface area contributed by atoms with Crippen LogP contribution in [0.4, 0.5) is 0 Å². The molecule has 132 valence electrons. The van der Waals surface area contributed by atoms with Gasteiger partial charge in [0, 0.05) is 35.7 Å². The van der Waals surface area contributed by atoms with Crippen LogP contribution in [0.15, 0.2) is 54.9 Å². The van der Waals surface area contributed by atoms with Crippen LogP contribution in [-0.2, 0) is 6.42 Å². The maximum absolute atomic E-state index is 11.5. The topological polar surface area (TPSA) is 87.3 Å². The molecule has 0 saturated carbocycles. The highest BCUT2D eigenvalue weighted by Gasteiger charge is 2.10. The van der Waals surface area contributed by atoms with Crippen LogP contribution in [0, 0.1) is 0 Å². The van der Waals surface area contributed by atoms with Crippen LogP contribution in [0.3, 0.4) is 0 Å². The molecule has 2 aromatic heterocycles. The third-order valence-electron chi connectivity index (χ3n) is 3.93. The average Bonchev–Trinajstić information content (AvgIpc) is 2.67. The molecular formula is C20H19N3O3. The molecule has 2 heterocycles. The molecule has 3 aromatic rings. The van der Waals surface area contributed by atoms with E-state index in [1.165, 1.54) is 0 Å². The van der Waals surface area contributed by atoms with E-state index in [2.05, 4.69) is 9.97 Å². The number of methoxy groups -OCH3 is 1. The Morgan fingerprint density at radius 3 is 2.46 bits per heavy atom. The van der Waals surface area contributed by atoms with E-state index in [1.807, 2.05) is 25.1 Å². The Morgan fingerprint density at radius 2 is 1.77 bits per heavy atom. The highest BCUT2D eigenvalue weighted by molar-refractivity contribution is 5.95. The van der Waals surface area contributed by atoms with Gasteiger partial charge in [0.05, 0.1) is 12.8 Å². The van der Waals surface area contributed by atoms with Crippen LogP contribution in [0.1, 0.15) is 22.8 Å². The Balaban J connectivity index is 1.90. The summed E-state index contributed by atoms with van der Waals surface area (Å²) in [5, 5.41) is 0. The van der Waals surface area contributed by atoms with Gasteiger partial charge >= 0.3 is 0 Å². The van der Waals surface area contributed by atoms with Crippen molar-refractivity contribution in [3.05, 3.63) is 66.0 Å². The lowest BCUT2D eigenvalue weighted by Crippen LogP contribution is -2.13. The zero-order valence-corrected chi connectivity index (χ0v) is 14.6. The van der Waals surface area contributed by atoms with Gasteiger partial charge in [-0.15, -0.1) is 0 Å². The van der Waals surface area contributed by atoms with Crippen LogP contribution in [0.5, 0.6) is 17.4 Å². The van der Waals surface area contributed by atoms with Crippen molar-refractivity contribution in [1.29, 1.82) is 0 Å². The monoisotopic (exact) mass is 349 g/mol. The second kappa shape index (κ2) is 7.65. The molecule has 0 aliphatic heterocycles. The number of carbonyl (C=O) groups is 1. The zero-order chi connectivity index (χ0) is 18.5. The summed E-state index contributed by atoms with van der Waals surface area (Å²) < 4.78 is 11.0. The number of hydrogen-bond donors (Lipinski definition) is 1. The van der Waals surface area contributed by atoms with Crippen molar-refractivity contribution in [2.75, 3.05) is 7.11 Å². The van der Waals surface area contributed by atoms with Gasteiger partial charge < -0.3 is 15.2 Å². The first-order valence-electron chi connectivity index (χ1n) is 8.17. The second-order valence-corrected chi connectivity index (χ2v) is 5.60. The molecule has 0 unspecified atom stereocenters. The summed E-state index contributed by atoms with van der Waals surface area (Å²) in [5.41, 5.74) is 8.49. The van der Waals surface area contributed by atoms with Crippen molar-refractivity contribution in [1.82, 2.24) is 9.97 Å². The summed E-state index contributed by atoms with van der Waals surface area (Å²) in [5.74, 6) is 1.31. The third-order valence-corrected chi connectivity index (χ3v) is 3.93. The van der Waals surface area contributed by atoms with E-state index in [-0.39, 0.29) is 0 Å². The summed E-state index contributed by atoms with van der Waals surface area (Å²) in [7, 11) is 1.55. The fourth-order valence-corrected chi connectivity index (χ4v) is 2.62. The van der Waals surface area contributed by atoms with Gasteiger partial charge in [-0.2, -0.15) is 0 Å². The number of aryl methyl sites for hydroxylation is 1. The van der Waals surface area contributed by atoms with Crippen molar-refractivity contribution in [3.8, 4) is 28.6 Å². The summed E-state index contributed by atoms with van der Waals surface area (Å²) in [4.78, 5) is 20.0. The van der Waals surface area contributed by atoms with E-state index >= 15 is 0 Å². The predicted molar refractivity (Wildman–Crippen MR) is 98.4 cm³/mol. The number of aromatic nitrogens is 2. The van der Waals surface area contributed by atoms with E-state index in [1.54, 1.807) is 43.8 Å². The van der Waals surface area contributed by atoms with Crippen LogP contribution in [-0.4, -0.2) is 23.0 Å².